The molecule has 0 amide bonds. The molecule has 2 nitrogen and oxygen atoms in total. The van der Waals surface area contributed by atoms with Crippen LogP contribution in [0.3, 0.4) is 0 Å². The third kappa shape index (κ3) is 3.79. The molecule has 1 aromatic rings. The highest BCUT2D eigenvalue weighted by molar-refractivity contribution is 7.99. The minimum atomic E-state index is 0.295. The Bertz CT molecular complexity index is 286. The molecule has 15 heavy (non-hydrogen) atoms. The standard InChI is InChI=1S/C11H20N2S2/c1-4-9(3)15-7-10(13-12)11-8(2)5-6-14-11/h5-6,9-10,13H,4,7,12H2,1-3H3. The van der Waals surface area contributed by atoms with Crippen LogP contribution in [0, 0.1) is 6.92 Å². The Balaban J connectivity index is 2.53. The van der Waals surface area contributed by atoms with Gasteiger partial charge in [0.1, 0.15) is 0 Å². The number of aryl methyl sites for hydroxylation is 1. The molecule has 1 aromatic heterocycles. The third-order valence-electron chi connectivity index (χ3n) is 2.54. The Morgan fingerprint density at radius 1 is 1.60 bits per heavy atom. The Kier molecular flexibility index (Phi) is 5.68. The molecule has 0 aliphatic carbocycles. The minimum Gasteiger partial charge on any atom is -0.271 e. The Morgan fingerprint density at radius 3 is 2.80 bits per heavy atom. The highest BCUT2D eigenvalue weighted by atomic mass is 32.2. The Hall–Kier alpha value is -0.0300. The topological polar surface area (TPSA) is 38.0 Å². The van der Waals surface area contributed by atoms with Gasteiger partial charge in [0.05, 0.1) is 6.04 Å². The van der Waals surface area contributed by atoms with Crippen LogP contribution in [0.2, 0.25) is 0 Å². The first-order chi connectivity index (χ1) is 7.19. The second kappa shape index (κ2) is 6.53. The van der Waals surface area contributed by atoms with E-state index in [-0.39, 0.29) is 0 Å². The van der Waals surface area contributed by atoms with Crippen molar-refractivity contribution in [1.29, 1.82) is 0 Å². The van der Waals surface area contributed by atoms with Crippen molar-refractivity contribution in [3.8, 4) is 0 Å². The van der Waals surface area contributed by atoms with E-state index < -0.39 is 0 Å². The first-order valence-corrected chi connectivity index (χ1v) is 7.23. The van der Waals surface area contributed by atoms with Gasteiger partial charge in [-0.15, -0.1) is 11.3 Å². The molecule has 4 heteroatoms. The van der Waals surface area contributed by atoms with Crippen molar-refractivity contribution in [2.75, 3.05) is 5.75 Å². The summed E-state index contributed by atoms with van der Waals surface area (Å²) in [4.78, 5) is 1.37. The van der Waals surface area contributed by atoms with Crippen molar-refractivity contribution in [3.63, 3.8) is 0 Å². The fourth-order valence-corrected chi connectivity index (χ4v) is 3.43. The number of hydrazine groups is 1. The van der Waals surface area contributed by atoms with Crippen LogP contribution in [-0.4, -0.2) is 11.0 Å². The van der Waals surface area contributed by atoms with Gasteiger partial charge >= 0.3 is 0 Å². The summed E-state index contributed by atoms with van der Waals surface area (Å²) in [5.41, 5.74) is 4.25. The maximum atomic E-state index is 5.60. The average Bonchev–Trinajstić information content (AvgIpc) is 2.65. The summed E-state index contributed by atoms with van der Waals surface area (Å²) in [5.74, 6) is 6.65. The summed E-state index contributed by atoms with van der Waals surface area (Å²) in [5, 5.41) is 2.84. The highest BCUT2D eigenvalue weighted by Crippen LogP contribution is 2.28. The molecular weight excluding hydrogens is 224 g/mol. The van der Waals surface area contributed by atoms with E-state index >= 15 is 0 Å². The molecule has 3 N–H and O–H groups in total. The van der Waals surface area contributed by atoms with E-state index in [1.807, 2.05) is 11.8 Å². The predicted octanol–water partition coefficient (Wildman–Crippen LogP) is 3.09. The zero-order chi connectivity index (χ0) is 11.3. The van der Waals surface area contributed by atoms with E-state index in [4.69, 9.17) is 5.84 Å². The molecule has 1 heterocycles. The van der Waals surface area contributed by atoms with Crippen LogP contribution in [0.15, 0.2) is 11.4 Å². The molecule has 0 aliphatic heterocycles. The largest absolute Gasteiger partial charge is 0.271 e. The smallest absolute Gasteiger partial charge is 0.0646 e. The van der Waals surface area contributed by atoms with Gasteiger partial charge in [0, 0.05) is 15.9 Å². The summed E-state index contributed by atoms with van der Waals surface area (Å²) < 4.78 is 0. The van der Waals surface area contributed by atoms with Crippen molar-refractivity contribution in [1.82, 2.24) is 5.43 Å². The van der Waals surface area contributed by atoms with Gasteiger partial charge < -0.3 is 0 Å². The van der Waals surface area contributed by atoms with Gasteiger partial charge in [0.15, 0.2) is 0 Å². The second-order valence-electron chi connectivity index (χ2n) is 3.74. The molecular formula is C11H20N2S2. The van der Waals surface area contributed by atoms with Gasteiger partial charge in [-0.25, -0.2) is 0 Å². The van der Waals surface area contributed by atoms with Gasteiger partial charge in [0.25, 0.3) is 0 Å². The molecule has 0 fully saturated rings. The van der Waals surface area contributed by atoms with Crippen molar-refractivity contribution in [2.24, 2.45) is 5.84 Å². The summed E-state index contributed by atoms with van der Waals surface area (Å²) in [6, 6.07) is 2.45. The SMILES string of the molecule is CCC(C)SCC(NN)c1sccc1C. The highest BCUT2D eigenvalue weighted by Gasteiger charge is 2.14. The summed E-state index contributed by atoms with van der Waals surface area (Å²) >= 11 is 3.77. The summed E-state index contributed by atoms with van der Waals surface area (Å²) in [6.45, 7) is 6.63. The number of nitrogens with two attached hydrogens (primary N) is 1. The van der Waals surface area contributed by atoms with Crippen molar-refractivity contribution in [3.05, 3.63) is 21.9 Å². The van der Waals surface area contributed by atoms with E-state index in [1.165, 1.54) is 16.9 Å². The van der Waals surface area contributed by atoms with Crippen molar-refractivity contribution < 1.29 is 0 Å². The van der Waals surface area contributed by atoms with Crippen LogP contribution in [0.5, 0.6) is 0 Å². The van der Waals surface area contributed by atoms with E-state index in [2.05, 4.69) is 37.6 Å². The summed E-state index contributed by atoms with van der Waals surface area (Å²) in [7, 11) is 0. The molecule has 0 saturated heterocycles. The zero-order valence-corrected chi connectivity index (χ0v) is 11.3. The number of nitrogens with one attached hydrogen (secondary N) is 1. The van der Waals surface area contributed by atoms with Gasteiger partial charge in [-0.2, -0.15) is 11.8 Å². The van der Waals surface area contributed by atoms with Crippen LogP contribution >= 0.6 is 23.1 Å². The molecule has 86 valence electrons. The number of rotatable bonds is 6. The van der Waals surface area contributed by atoms with Crippen molar-refractivity contribution >= 4 is 23.1 Å². The van der Waals surface area contributed by atoms with Crippen LogP contribution in [0.4, 0.5) is 0 Å². The molecule has 0 spiro atoms. The molecule has 0 bridgehead atoms. The lowest BCUT2D eigenvalue weighted by molar-refractivity contribution is 0.616. The first-order valence-electron chi connectivity index (χ1n) is 5.30. The molecule has 1 rings (SSSR count). The number of hydrogen-bond donors (Lipinski definition) is 2. The fourth-order valence-electron chi connectivity index (χ4n) is 1.32. The third-order valence-corrected chi connectivity index (χ3v) is 5.10. The molecule has 0 aliphatic rings. The lowest BCUT2D eigenvalue weighted by Crippen LogP contribution is -2.29. The van der Waals surface area contributed by atoms with Crippen LogP contribution < -0.4 is 11.3 Å². The Morgan fingerprint density at radius 2 is 2.33 bits per heavy atom. The molecule has 2 atom stereocenters. The number of hydrogen-bond acceptors (Lipinski definition) is 4. The van der Waals surface area contributed by atoms with Gasteiger partial charge in [-0.1, -0.05) is 13.8 Å². The average molecular weight is 244 g/mol. The lowest BCUT2D eigenvalue weighted by atomic mass is 10.2. The van der Waals surface area contributed by atoms with E-state index in [9.17, 15) is 0 Å². The summed E-state index contributed by atoms with van der Waals surface area (Å²) in [6.07, 6.45) is 1.21. The lowest BCUT2D eigenvalue weighted by Gasteiger charge is -2.17. The first kappa shape index (κ1) is 13.0. The molecule has 2 unspecified atom stereocenters. The fraction of sp³-hybridized carbons (Fsp3) is 0.636. The minimum absolute atomic E-state index is 0.295. The Labute approximate surface area is 101 Å². The predicted molar refractivity (Wildman–Crippen MR) is 71.3 cm³/mol. The number of thioether (sulfide) groups is 1. The molecule has 0 aromatic carbocycles. The van der Waals surface area contributed by atoms with E-state index in [0.29, 0.717) is 11.3 Å². The maximum absolute atomic E-state index is 5.60. The molecule has 0 radical (unpaired) electrons. The van der Waals surface area contributed by atoms with Crippen LogP contribution in [0.1, 0.15) is 36.8 Å². The maximum Gasteiger partial charge on any atom is 0.0646 e. The van der Waals surface area contributed by atoms with Crippen LogP contribution in [0.25, 0.3) is 0 Å². The second-order valence-corrected chi connectivity index (χ2v) is 6.16. The van der Waals surface area contributed by atoms with Gasteiger partial charge in [0.2, 0.25) is 0 Å². The molecule has 0 saturated carbocycles. The van der Waals surface area contributed by atoms with Crippen LogP contribution in [-0.2, 0) is 0 Å². The normalized spacial score (nSPS) is 15.2. The van der Waals surface area contributed by atoms with E-state index in [1.54, 1.807) is 11.3 Å². The monoisotopic (exact) mass is 244 g/mol. The van der Waals surface area contributed by atoms with Crippen molar-refractivity contribution in [2.45, 2.75) is 38.5 Å². The number of thiophene rings is 1. The quantitative estimate of drug-likeness (QED) is 0.596. The zero-order valence-electron chi connectivity index (χ0n) is 9.62. The van der Waals surface area contributed by atoms with Gasteiger partial charge in [-0.05, 0) is 30.4 Å². The van der Waals surface area contributed by atoms with E-state index in [0.717, 1.165) is 5.75 Å². The van der Waals surface area contributed by atoms with Gasteiger partial charge in [-0.3, -0.25) is 11.3 Å².